The van der Waals surface area contributed by atoms with Crippen molar-refractivity contribution in [3.63, 3.8) is 0 Å². The molecule has 0 aromatic carbocycles. The minimum atomic E-state index is -3.60. The van der Waals surface area contributed by atoms with Gasteiger partial charge in [0.05, 0.1) is 12.8 Å². The fourth-order valence-corrected chi connectivity index (χ4v) is 2.44. The van der Waals surface area contributed by atoms with E-state index in [0.29, 0.717) is 23.5 Å². The van der Waals surface area contributed by atoms with E-state index in [1.54, 1.807) is 6.08 Å². The Kier molecular flexibility index (Phi) is 2.11. The van der Waals surface area contributed by atoms with Crippen molar-refractivity contribution in [3.8, 4) is 0 Å². The molecule has 82 valence electrons. The van der Waals surface area contributed by atoms with Gasteiger partial charge in [-0.2, -0.15) is 8.42 Å². The maximum Gasteiger partial charge on any atom is 0.322 e. The van der Waals surface area contributed by atoms with Crippen LogP contribution in [-0.2, 0) is 14.9 Å². The Morgan fingerprint density at radius 2 is 2.20 bits per heavy atom. The molecular formula is C8H11N3O3S. The van der Waals surface area contributed by atoms with Gasteiger partial charge in [-0.05, 0) is 0 Å². The van der Waals surface area contributed by atoms with Crippen LogP contribution in [0.25, 0.3) is 0 Å². The molecule has 1 aliphatic heterocycles. The first-order chi connectivity index (χ1) is 7.03. The van der Waals surface area contributed by atoms with Crippen LogP contribution in [0.4, 0.5) is 0 Å². The summed E-state index contributed by atoms with van der Waals surface area (Å²) in [6.45, 7) is 0. The zero-order valence-electron chi connectivity index (χ0n) is 8.07. The maximum atomic E-state index is 11.3. The van der Waals surface area contributed by atoms with E-state index < -0.39 is 10.2 Å². The van der Waals surface area contributed by atoms with Gasteiger partial charge in [-0.25, -0.2) is 0 Å². The average molecular weight is 229 g/mol. The summed E-state index contributed by atoms with van der Waals surface area (Å²) in [6, 6.07) is 0. The Balaban J connectivity index is 2.59. The van der Waals surface area contributed by atoms with Gasteiger partial charge in [-0.3, -0.25) is 9.44 Å². The minimum Gasteiger partial charge on any atom is -0.499 e. The van der Waals surface area contributed by atoms with Crippen LogP contribution in [-0.4, -0.2) is 15.5 Å². The van der Waals surface area contributed by atoms with Crippen LogP contribution in [0.5, 0.6) is 0 Å². The van der Waals surface area contributed by atoms with Crippen LogP contribution in [0, 0.1) is 0 Å². The third kappa shape index (κ3) is 1.65. The molecular weight excluding hydrogens is 218 g/mol. The zero-order chi connectivity index (χ0) is 11.1. The Morgan fingerprint density at radius 1 is 1.47 bits per heavy atom. The summed E-state index contributed by atoms with van der Waals surface area (Å²) in [5.74, 6) is 0.662. The van der Waals surface area contributed by atoms with Gasteiger partial charge in [0, 0.05) is 12.0 Å². The number of rotatable bonds is 1. The van der Waals surface area contributed by atoms with E-state index in [9.17, 15) is 8.42 Å². The normalized spacial score (nSPS) is 23.0. The van der Waals surface area contributed by atoms with Gasteiger partial charge in [0.15, 0.2) is 0 Å². The van der Waals surface area contributed by atoms with Gasteiger partial charge in [0.25, 0.3) is 0 Å². The van der Waals surface area contributed by atoms with Crippen LogP contribution in [0.2, 0.25) is 0 Å². The molecule has 6 nitrogen and oxygen atoms in total. The van der Waals surface area contributed by atoms with Crippen molar-refractivity contribution in [2.45, 2.75) is 6.42 Å². The lowest BCUT2D eigenvalue weighted by Gasteiger charge is -2.25. The molecule has 15 heavy (non-hydrogen) atoms. The van der Waals surface area contributed by atoms with Gasteiger partial charge in [-0.15, -0.1) is 0 Å². The van der Waals surface area contributed by atoms with E-state index in [-0.39, 0.29) is 5.82 Å². The Hall–Kier alpha value is -1.63. The molecule has 0 fully saturated rings. The van der Waals surface area contributed by atoms with E-state index in [4.69, 9.17) is 10.5 Å². The summed E-state index contributed by atoms with van der Waals surface area (Å²) in [5.41, 5.74) is 6.61. The third-order valence-corrected chi connectivity index (χ3v) is 3.11. The van der Waals surface area contributed by atoms with Crippen LogP contribution >= 0.6 is 0 Å². The molecule has 0 bridgehead atoms. The third-order valence-electron chi connectivity index (χ3n) is 2.15. The van der Waals surface area contributed by atoms with E-state index in [0.717, 1.165) is 0 Å². The van der Waals surface area contributed by atoms with Crippen molar-refractivity contribution < 1.29 is 13.2 Å². The van der Waals surface area contributed by atoms with Gasteiger partial charge >= 0.3 is 10.2 Å². The number of nitrogens with two attached hydrogens (primary N) is 1. The highest BCUT2D eigenvalue weighted by atomic mass is 32.2. The summed E-state index contributed by atoms with van der Waals surface area (Å²) >= 11 is 0. The topological polar surface area (TPSA) is 93.4 Å². The molecule has 7 heteroatoms. The number of nitrogens with one attached hydrogen (secondary N) is 2. The molecule has 0 unspecified atom stereocenters. The number of fused-ring (bicyclic) bond motifs is 1. The lowest BCUT2D eigenvalue weighted by Crippen LogP contribution is -2.44. The fourth-order valence-electron chi connectivity index (χ4n) is 1.50. The molecule has 0 atom stereocenters. The molecule has 2 rings (SSSR count). The summed E-state index contributed by atoms with van der Waals surface area (Å²) in [6.07, 6.45) is 4.15. The Morgan fingerprint density at radius 3 is 2.87 bits per heavy atom. The van der Waals surface area contributed by atoms with E-state index in [1.165, 1.54) is 7.11 Å². The molecule has 0 radical (unpaired) electrons. The standard InChI is InChI=1S/C8H11N3O3S/c1-14-6-4-2-3-5-7(6)10-15(12,13)11-8(5)9/h2-3,10-11H,4,9H2,1H3. The summed E-state index contributed by atoms with van der Waals surface area (Å²) in [7, 11) is -2.11. The number of methoxy groups -OCH3 is 1. The van der Waals surface area contributed by atoms with Crippen molar-refractivity contribution in [1.82, 2.24) is 9.44 Å². The summed E-state index contributed by atoms with van der Waals surface area (Å²) < 4.78 is 32.3. The lowest BCUT2D eigenvalue weighted by atomic mass is 10.0. The number of hydrogen-bond donors (Lipinski definition) is 3. The predicted octanol–water partition coefficient (Wildman–Crippen LogP) is -0.588. The van der Waals surface area contributed by atoms with E-state index in [2.05, 4.69) is 9.44 Å². The second kappa shape index (κ2) is 3.20. The average Bonchev–Trinajstić information content (AvgIpc) is 2.15. The molecule has 1 aliphatic carbocycles. The highest BCUT2D eigenvalue weighted by Crippen LogP contribution is 2.26. The Bertz CT molecular complexity index is 487. The first-order valence-electron chi connectivity index (χ1n) is 4.28. The first kappa shape index (κ1) is 9.91. The van der Waals surface area contributed by atoms with Crippen molar-refractivity contribution in [2.75, 3.05) is 7.11 Å². The Labute approximate surface area is 87.7 Å². The molecule has 2 aliphatic rings. The summed E-state index contributed by atoms with van der Waals surface area (Å²) in [5, 5.41) is 0. The molecule has 0 aromatic heterocycles. The van der Waals surface area contributed by atoms with Crippen LogP contribution in [0.3, 0.4) is 0 Å². The second-order valence-corrected chi connectivity index (χ2v) is 4.56. The highest BCUT2D eigenvalue weighted by molar-refractivity contribution is 7.87. The van der Waals surface area contributed by atoms with Gasteiger partial charge in [0.1, 0.15) is 11.6 Å². The smallest absolute Gasteiger partial charge is 0.322 e. The van der Waals surface area contributed by atoms with Crippen LogP contribution in [0.15, 0.2) is 35.0 Å². The number of ether oxygens (including phenoxy) is 1. The minimum absolute atomic E-state index is 0.106. The lowest BCUT2D eigenvalue weighted by molar-refractivity contribution is 0.278. The zero-order valence-corrected chi connectivity index (χ0v) is 8.89. The maximum absolute atomic E-state index is 11.3. The first-order valence-corrected chi connectivity index (χ1v) is 5.76. The quantitative estimate of drug-likeness (QED) is 0.560. The molecule has 1 heterocycles. The molecule has 4 N–H and O–H groups in total. The van der Waals surface area contributed by atoms with Crippen molar-refractivity contribution in [1.29, 1.82) is 0 Å². The van der Waals surface area contributed by atoms with Crippen molar-refractivity contribution in [3.05, 3.63) is 35.0 Å². The molecule has 0 saturated heterocycles. The van der Waals surface area contributed by atoms with E-state index >= 15 is 0 Å². The number of allylic oxidation sites excluding steroid dienone is 2. The molecule has 0 amide bonds. The highest BCUT2D eigenvalue weighted by Gasteiger charge is 2.27. The molecule has 0 saturated carbocycles. The predicted molar refractivity (Wildman–Crippen MR) is 54.2 cm³/mol. The van der Waals surface area contributed by atoms with Crippen molar-refractivity contribution >= 4 is 10.2 Å². The summed E-state index contributed by atoms with van der Waals surface area (Å²) in [4.78, 5) is 0. The van der Waals surface area contributed by atoms with Crippen LogP contribution in [0.1, 0.15) is 6.42 Å². The number of hydrogen-bond acceptors (Lipinski definition) is 4. The monoisotopic (exact) mass is 229 g/mol. The van der Waals surface area contributed by atoms with Crippen LogP contribution < -0.4 is 15.2 Å². The fraction of sp³-hybridized carbons (Fsp3) is 0.250. The van der Waals surface area contributed by atoms with Crippen molar-refractivity contribution in [2.24, 2.45) is 5.73 Å². The van der Waals surface area contributed by atoms with E-state index in [1.807, 2.05) is 6.08 Å². The molecule has 0 aromatic rings. The van der Waals surface area contributed by atoms with Gasteiger partial charge in [-0.1, -0.05) is 12.2 Å². The molecule has 0 spiro atoms. The van der Waals surface area contributed by atoms with Gasteiger partial charge < -0.3 is 10.5 Å². The second-order valence-electron chi connectivity index (χ2n) is 3.14. The SMILES string of the molecule is COC1=C2NS(=O)(=O)NC(N)=C2C=CC1. The largest absolute Gasteiger partial charge is 0.499 e. The van der Waals surface area contributed by atoms with Gasteiger partial charge in [0.2, 0.25) is 0 Å².